The Hall–Kier alpha value is -6.03. The highest BCUT2D eigenvalue weighted by atomic mass is 16.5. The van der Waals surface area contributed by atoms with Gasteiger partial charge in [-0.15, -0.1) is 0 Å². The van der Waals surface area contributed by atoms with Crippen LogP contribution < -0.4 is 21.3 Å². The molecule has 0 saturated carbocycles. The summed E-state index contributed by atoms with van der Waals surface area (Å²) in [5.74, 6) is -3.49. The smallest absolute Gasteiger partial charge is 0.347 e. The Morgan fingerprint density at radius 3 is 2.00 bits per heavy atom. The number of hydrogen-bond acceptors (Lipinski definition) is 7. The maximum Gasteiger partial charge on any atom is 0.347 e. The van der Waals surface area contributed by atoms with E-state index in [1.54, 1.807) is 48.5 Å². The zero-order chi connectivity index (χ0) is 30.2. The molecule has 0 aliphatic rings. The van der Waals surface area contributed by atoms with Crippen LogP contribution in [-0.4, -0.2) is 34.7 Å². The SMILES string of the molecule is CCOc1ccc(NC(=O)c2cc3c4cccc5cccc(c54)c4c5c(=O)oc(=O)c5c(C(=O)O)c(c2C(=O)O)c34)cc1. The summed E-state index contributed by atoms with van der Waals surface area (Å²) in [6.45, 7) is 2.27. The minimum atomic E-state index is -1.65. The molecule has 10 heteroatoms. The van der Waals surface area contributed by atoms with Crippen molar-refractivity contribution in [1.29, 1.82) is 0 Å². The first-order valence-electron chi connectivity index (χ1n) is 13.2. The summed E-state index contributed by atoms with van der Waals surface area (Å²) in [6.07, 6.45) is 0. The predicted octanol–water partition coefficient (Wildman–Crippen LogP) is 5.69. The van der Waals surface area contributed by atoms with Crippen LogP contribution >= 0.6 is 0 Å². The fraction of sp³-hybridized carbons (Fsp3) is 0.0606. The van der Waals surface area contributed by atoms with Gasteiger partial charge in [0, 0.05) is 21.8 Å². The molecule has 7 rings (SSSR count). The minimum Gasteiger partial charge on any atom is -0.494 e. The fourth-order valence-electron chi connectivity index (χ4n) is 6.16. The molecule has 0 saturated heterocycles. The standard InChI is InChI=1S/C33H19NO9/c1-2-42-16-11-9-15(10-12-16)34-29(35)20-13-19-17-7-3-5-14-6-4-8-18(21(14)17)22-23(19)25(24(20)30(36)37)26(31(38)39)28-27(22)32(40)43-33(28)41/h3-13H,2H2,1H3,(H,34,35)(H,36,37)(H,38,39). The number of furan rings is 1. The first-order valence-corrected chi connectivity index (χ1v) is 13.2. The summed E-state index contributed by atoms with van der Waals surface area (Å²) < 4.78 is 10.3. The maximum absolute atomic E-state index is 13.8. The van der Waals surface area contributed by atoms with Crippen LogP contribution in [0, 0.1) is 0 Å². The number of carboxylic acid groups (broad SMARTS) is 2. The highest BCUT2D eigenvalue weighted by molar-refractivity contribution is 6.42. The van der Waals surface area contributed by atoms with Gasteiger partial charge in [0.05, 0.1) is 34.1 Å². The number of rotatable bonds is 6. The summed E-state index contributed by atoms with van der Waals surface area (Å²) in [5.41, 5.74) is -3.56. The van der Waals surface area contributed by atoms with Crippen LogP contribution in [0.5, 0.6) is 5.75 Å². The fourth-order valence-corrected chi connectivity index (χ4v) is 6.16. The summed E-state index contributed by atoms with van der Waals surface area (Å²) in [7, 11) is 0. The zero-order valence-corrected chi connectivity index (χ0v) is 22.3. The number of anilines is 1. The van der Waals surface area contributed by atoms with Gasteiger partial charge >= 0.3 is 23.2 Å². The summed E-state index contributed by atoms with van der Waals surface area (Å²) in [6, 6.07) is 18.6. The van der Waals surface area contributed by atoms with E-state index >= 15 is 0 Å². The molecular weight excluding hydrogens is 554 g/mol. The van der Waals surface area contributed by atoms with Gasteiger partial charge in [0.25, 0.3) is 5.91 Å². The number of hydrogen-bond donors (Lipinski definition) is 3. The predicted molar refractivity (Wildman–Crippen MR) is 161 cm³/mol. The second-order valence-electron chi connectivity index (χ2n) is 10.0. The van der Waals surface area contributed by atoms with E-state index in [1.165, 1.54) is 6.07 Å². The average molecular weight is 574 g/mol. The largest absolute Gasteiger partial charge is 0.494 e. The topological polar surface area (TPSA) is 160 Å². The van der Waals surface area contributed by atoms with Crippen molar-refractivity contribution < 1.29 is 33.8 Å². The number of carbonyl (C=O) groups is 3. The Morgan fingerprint density at radius 1 is 0.721 bits per heavy atom. The lowest BCUT2D eigenvalue weighted by molar-refractivity contribution is 0.0693. The van der Waals surface area contributed by atoms with Crippen LogP contribution in [-0.2, 0) is 0 Å². The average Bonchev–Trinajstić information content (AvgIpc) is 3.28. The molecule has 0 fully saturated rings. The Labute approximate surface area is 240 Å². The number of amides is 1. The Bertz CT molecular complexity index is 2440. The Kier molecular flexibility index (Phi) is 5.57. The van der Waals surface area contributed by atoms with Crippen molar-refractivity contribution in [1.82, 2.24) is 0 Å². The molecule has 1 heterocycles. The molecule has 10 nitrogen and oxygen atoms in total. The van der Waals surface area contributed by atoms with Gasteiger partial charge < -0.3 is 24.7 Å². The third-order valence-corrected chi connectivity index (χ3v) is 7.73. The number of benzene rings is 6. The first kappa shape index (κ1) is 25.9. The molecule has 0 aliphatic carbocycles. The highest BCUT2D eigenvalue weighted by Crippen LogP contribution is 2.46. The lowest BCUT2D eigenvalue weighted by Crippen LogP contribution is -2.18. The number of carbonyl (C=O) groups excluding carboxylic acids is 1. The Morgan fingerprint density at radius 2 is 1.35 bits per heavy atom. The second kappa shape index (κ2) is 9.25. The van der Waals surface area contributed by atoms with Gasteiger partial charge in [0.15, 0.2) is 0 Å². The van der Waals surface area contributed by atoms with E-state index in [0.717, 1.165) is 5.39 Å². The minimum absolute atomic E-state index is 0.129. The van der Waals surface area contributed by atoms with Gasteiger partial charge in [-0.2, -0.15) is 0 Å². The molecule has 210 valence electrons. The third kappa shape index (κ3) is 3.63. The van der Waals surface area contributed by atoms with E-state index in [9.17, 15) is 34.2 Å². The van der Waals surface area contributed by atoms with E-state index in [2.05, 4.69) is 5.32 Å². The molecule has 0 aliphatic heterocycles. The van der Waals surface area contributed by atoms with Crippen molar-refractivity contribution in [2.45, 2.75) is 6.92 Å². The lowest BCUT2D eigenvalue weighted by Gasteiger charge is -2.19. The zero-order valence-electron chi connectivity index (χ0n) is 22.3. The van der Waals surface area contributed by atoms with Crippen molar-refractivity contribution in [3.63, 3.8) is 0 Å². The second-order valence-corrected chi connectivity index (χ2v) is 10.0. The summed E-state index contributed by atoms with van der Waals surface area (Å²) in [5, 5.41) is 25.7. The number of ether oxygens (including phenoxy) is 1. The molecule has 0 unspecified atom stereocenters. The quantitative estimate of drug-likeness (QED) is 0.168. The molecule has 1 aromatic heterocycles. The number of fused-ring (bicyclic) bond motifs is 4. The first-order chi connectivity index (χ1) is 20.7. The van der Waals surface area contributed by atoms with E-state index in [4.69, 9.17) is 9.15 Å². The van der Waals surface area contributed by atoms with Crippen LogP contribution in [0.3, 0.4) is 0 Å². The van der Waals surface area contributed by atoms with Crippen molar-refractivity contribution in [2.24, 2.45) is 0 Å². The van der Waals surface area contributed by atoms with Gasteiger partial charge in [-0.3, -0.25) is 4.79 Å². The summed E-state index contributed by atoms with van der Waals surface area (Å²) >= 11 is 0. The number of nitrogens with one attached hydrogen (secondary N) is 1. The monoisotopic (exact) mass is 573 g/mol. The highest BCUT2D eigenvalue weighted by Gasteiger charge is 2.33. The molecule has 43 heavy (non-hydrogen) atoms. The molecular formula is C33H19NO9. The lowest BCUT2D eigenvalue weighted by atomic mass is 9.82. The molecule has 7 aromatic rings. The third-order valence-electron chi connectivity index (χ3n) is 7.73. The maximum atomic E-state index is 13.8. The Balaban J connectivity index is 1.69. The van der Waals surface area contributed by atoms with E-state index in [1.807, 2.05) is 19.1 Å². The molecule has 1 amide bonds. The van der Waals surface area contributed by atoms with E-state index in [0.29, 0.717) is 39.6 Å². The molecule has 6 aromatic carbocycles. The molecule has 0 spiro atoms. The van der Waals surface area contributed by atoms with Crippen LogP contribution in [0.2, 0.25) is 0 Å². The normalized spacial score (nSPS) is 11.7. The molecule has 3 N–H and O–H groups in total. The van der Waals surface area contributed by atoms with Crippen molar-refractivity contribution in [2.75, 3.05) is 11.9 Å². The van der Waals surface area contributed by atoms with E-state index < -0.39 is 45.6 Å². The number of carboxylic acids is 2. The van der Waals surface area contributed by atoms with Gasteiger partial charge in [-0.25, -0.2) is 19.2 Å². The molecule has 0 bridgehead atoms. The van der Waals surface area contributed by atoms with Gasteiger partial charge in [0.1, 0.15) is 5.75 Å². The van der Waals surface area contributed by atoms with Crippen molar-refractivity contribution in [3.8, 4) is 5.75 Å². The van der Waals surface area contributed by atoms with Crippen molar-refractivity contribution in [3.05, 3.63) is 104 Å². The van der Waals surface area contributed by atoms with Gasteiger partial charge in [0.2, 0.25) is 0 Å². The van der Waals surface area contributed by atoms with Crippen LogP contribution in [0.15, 0.2) is 80.7 Å². The van der Waals surface area contributed by atoms with Crippen LogP contribution in [0.25, 0.3) is 53.9 Å². The molecule has 0 radical (unpaired) electrons. The van der Waals surface area contributed by atoms with Crippen molar-refractivity contribution >= 4 is 77.4 Å². The van der Waals surface area contributed by atoms with Crippen LogP contribution in [0.4, 0.5) is 5.69 Å². The summed E-state index contributed by atoms with van der Waals surface area (Å²) in [4.78, 5) is 65.6. The van der Waals surface area contributed by atoms with E-state index in [-0.39, 0.29) is 27.1 Å². The van der Waals surface area contributed by atoms with Gasteiger partial charge in [-0.1, -0.05) is 36.4 Å². The number of aromatic carboxylic acids is 2. The van der Waals surface area contributed by atoms with Gasteiger partial charge in [-0.05, 0) is 64.2 Å². The van der Waals surface area contributed by atoms with Crippen LogP contribution in [0.1, 0.15) is 38.0 Å². The molecule has 0 atom stereocenters.